The molecule has 0 aliphatic carbocycles. The van der Waals surface area contributed by atoms with E-state index in [0.717, 1.165) is 34.3 Å². The van der Waals surface area contributed by atoms with E-state index in [4.69, 9.17) is 21.1 Å². The largest absolute Gasteiger partial charge is 0.497 e. The Labute approximate surface area is 158 Å². The summed E-state index contributed by atoms with van der Waals surface area (Å²) in [6.07, 6.45) is 0. The molecule has 26 heavy (non-hydrogen) atoms. The van der Waals surface area contributed by atoms with Crippen molar-refractivity contribution in [2.24, 2.45) is 0 Å². The molecule has 0 aliphatic rings. The molecule has 0 amide bonds. The standard InChI is InChI=1S/C21H19ClN2O2/c1-25-19-11-7-17(8-12-19)23-21(15-3-5-16(22)6-4-15)24-18-9-13-20(26-2)14-10-18/h3-14H,1-2H3,(H,23,24)/p+1. The van der Waals surface area contributed by atoms with Crippen LogP contribution in [0, 0.1) is 0 Å². The number of nitrogens with one attached hydrogen (secondary N) is 2. The molecule has 0 saturated carbocycles. The van der Waals surface area contributed by atoms with Crippen LogP contribution in [0.5, 0.6) is 11.5 Å². The molecule has 3 rings (SSSR count). The highest BCUT2D eigenvalue weighted by Crippen LogP contribution is 2.17. The number of rotatable bonds is 5. The second-order valence-corrected chi connectivity index (χ2v) is 6.03. The summed E-state index contributed by atoms with van der Waals surface area (Å²) < 4.78 is 10.4. The lowest BCUT2D eigenvalue weighted by atomic mass is 10.2. The molecule has 132 valence electrons. The van der Waals surface area contributed by atoms with E-state index in [2.05, 4.69) is 10.3 Å². The monoisotopic (exact) mass is 367 g/mol. The number of methoxy groups -OCH3 is 2. The fourth-order valence-electron chi connectivity index (χ4n) is 2.43. The first-order valence-corrected chi connectivity index (χ1v) is 8.51. The van der Waals surface area contributed by atoms with Crippen LogP contribution in [0.25, 0.3) is 0 Å². The predicted octanol–water partition coefficient (Wildman–Crippen LogP) is 3.63. The normalized spacial score (nSPS) is 11.1. The third-order valence-corrected chi connectivity index (χ3v) is 4.10. The van der Waals surface area contributed by atoms with Crippen molar-refractivity contribution in [3.63, 3.8) is 0 Å². The Bertz CT molecular complexity index is 873. The third kappa shape index (κ3) is 4.55. The maximum Gasteiger partial charge on any atom is 0.285 e. The minimum absolute atomic E-state index is 0.696. The molecule has 0 aliphatic heterocycles. The van der Waals surface area contributed by atoms with E-state index in [1.165, 1.54) is 0 Å². The quantitative estimate of drug-likeness (QED) is 0.534. The molecule has 3 aromatic carbocycles. The van der Waals surface area contributed by atoms with Crippen molar-refractivity contribution in [2.75, 3.05) is 19.5 Å². The predicted molar refractivity (Wildman–Crippen MR) is 106 cm³/mol. The molecule has 0 radical (unpaired) electrons. The Morgan fingerprint density at radius 3 is 1.85 bits per heavy atom. The van der Waals surface area contributed by atoms with Gasteiger partial charge in [0, 0.05) is 5.02 Å². The average molecular weight is 368 g/mol. The van der Waals surface area contributed by atoms with Gasteiger partial charge in [0.2, 0.25) is 0 Å². The van der Waals surface area contributed by atoms with Gasteiger partial charge in [-0.05, 0) is 72.8 Å². The number of hydrogen-bond acceptors (Lipinski definition) is 2. The van der Waals surface area contributed by atoms with E-state index in [1.807, 2.05) is 72.8 Å². The van der Waals surface area contributed by atoms with Crippen LogP contribution in [-0.2, 0) is 0 Å². The van der Waals surface area contributed by atoms with Gasteiger partial charge in [-0.2, -0.15) is 0 Å². The summed E-state index contributed by atoms with van der Waals surface area (Å²) in [5.41, 5.74) is 2.87. The fourth-order valence-corrected chi connectivity index (χ4v) is 2.56. The van der Waals surface area contributed by atoms with E-state index < -0.39 is 0 Å². The van der Waals surface area contributed by atoms with Gasteiger partial charge in [0.15, 0.2) is 0 Å². The van der Waals surface area contributed by atoms with Crippen LogP contribution in [0.15, 0.2) is 72.8 Å². The molecular weight excluding hydrogens is 348 g/mol. The molecule has 0 spiro atoms. The van der Waals surface area contributed by atoms with Gasteiger partial charge in [0.05, 0.1) is 19.8 Å². The zero-order valence-electron chi connectivity index (χ0n) is 14.6. The lowest BCUT2D eigenvalue weighted by Crippen LogP contribution is -2.68. The topological polar surface area (TPSA) is 44.5 Å². The average Bonchev–Trinajstić information content (AvgIpc) is 2.69. The lowest BCUT2D eigenvalue weighted by Gasteiger charge is -2.06. The van der Waals surface area contributed by atoms with Gasteiger partial charge < -0.3 is 9.47 Å². The van der Waals surface area contributed by atoms with E-state index in [1.54, 1.807) is 14.2 Å². The third-order valence-electron chi connectivity index (χ3n) is 3.85. The maximum absolute atomic E-state index is 6.03. The smallest absolute Gasteiger partial charge is 0.285 e. The molecular formula is C21H20ClN2O2+. The van der Waals surface area contributed by atoms with Crippen molar-refractivity contribution in [1.82, 2.24) is 0 Å². The van der Waals surface area contributed by atoms with Crippen molar-refractivity contribution in [1.29, 1.82) is 0 Å². The lowest BCUT2D eigenvalue weighted by molar-refractivity contribution is -0.353. The molecule has 0 fully saturated rings. The summed E-state index contributed by atoms with van der Waals surface area (Å²) in [6.45, 7) is 0. The van der Waals surface area contributed by atoms with Crippen LogP contribution in [0.2, 0.25) is 5.02 Å². The molecule has 5 heteroatoms. The van der Waals surface area contributed by atoms with Crippen molar-refractivity contribution in [3.8, 4) is 11.5 Å². The molecule has 0 bridgehead atoms. The Kier molecular flexibility index (Phi) is 5.77. The van der Waals surface area contributed by atoms with Gasteiger partial charge in [-0.3, -0.25) is 0 Å². The summed E-state index contributed by atoms with van der Waals surface area (Å²) in [5, 5.41) is 4.12. The zero-order chi connectivity index (χ0) is 18.4. The molecule has 0 aromatic heterocycles. The second-order valence-electron chi connectivity index (χ2n) is 5.59. The SMILES string of the molecule is COc1ccc(NC(=[NH+]c2ccc(OC)cc2)c2ccc(Cl)cc2)cc1. The van der Waals surface area contributed by atoms with Crippen LogP contribution in [0.1, 0.15) is 5.56 Å². The van der Waals surface area contributed by atoms with Gasteiger partial charge in [-0.25, -0.2) is 10.3 Å². The van der Waals surface area contributed by atoms with Crippen LogP contribution in [-0.4, -0.2) is 20.1 Å². The van der Waals surface area contributed by atoms with Gasteiger partial charge in [0.1, 0.15) is 22.9 Å². The Morgan fingerprint density at radius 1 is 0.769 bits per heavy atom. The minimum Gasteiger partial charge on any atom is -0.497 e. The van der Waals surface area contributed by atoms with Gasteiger partial charge in [-0.15, -0.1) is 0 Å². The van der Waals surface area contributed by atoms with Crippen LogP contribution in [0.3, 0.4) is 0 Å². The first kappa shape index (κ1) is 17.8. The summed E-state index contributed by atoms with van der Waals surface area (Å²) in [6, 6.07) is 23.2. The summed E-state index contributed by atoms with van der Waals surface area (Å²) in [4.78, 5) is 3.42. The molecule has 3 aromatic rings. The van der Waals surface area contributed by atoms with E-state index in [0.29, 0.717) is 5.02 Å². The number of halogens is 1. The van der Waals surface area contributed by atoms with Crippen molar-refractivity contribution < 1.29 is 14.5 Å². The van der Waals surface area contributed by atoms with E-state index in [-0.39, 0.29) is 0 Å². The first-order chi connectivity index (χ1) is 12.7. The number of benzene rings is 3. The van der Waals surface area contributed by atoms with Gasteiger partial charge in [-0.1, -0.05) is 11.6 Å². The van der Waals surface area contributed by atoms with Crippen LogP contribution in [0.4, 0.5) is 11.4 Å². The molecule has 2 N–H and O–H groups in total. The van der Waals surface area contributed by atoms with Gasteiger partial charge >= 0.3 is 0 Å². The van der Waals surface area contributed by atoms with Crippen molar-refractivity contribution >= 4 is 28.8 Å². The maximum atomic E-state index is 6.03. The summed E-state index contributed by atoms with van der Waals surface area (Å²) in [7, 11) is 3.30. The molecule has 0 saturated heterocycles. The van der Waals surface area contributed by atoms with Gasteiger partial charge in [0.25, 0.3) is 5.84 Å². The highest BCUT2D eigenvalue weighted by molar-refractivity contribution is 6.30. The number of amidine groups is 1. The Balaban J connectivity index is 1.94. The van der Waals surface area contributed by atoms with Crippen molar-refractivity contribution in [3.05, 3.63) is 83.4 Å². The van der Waals surface area contributed by atoms with E-state index in [9.17, 15) is 0 Å². The molecule has 0 unspecified atom stereocenters. The summed E-state index contributed by atoms with van der Waals surface area (Å²) >= 11 is 6.03. The highest BCUT2D eigenvalue weighted by Gasteiger charge is 2.12. The van der Waals surface area contributed by atoms with Crippen molar-refractivity contribution in [2.45, 2.75) is 0 Å². The van der Waals surface area contributed by atoms with Crippen LogP contribution < -0.4 is 19.8 Å². The van der Waals surface area contributed by atoms with E-state index >= 15 is 0 Å². The Morgan fingerprint density at radius 2 is 1.31 bits per heavy atom. The number of ether oxygens (including phenoxy) is 2. The second kappa shape index (κ2) is 8.41. The molecule has 0 heterocycles. The van der Waals surface area contributed by atoms with Crippen LogP contribution >= 0.6 is 11.6 Å². The molecule has 0 atom stereocenters. The fraction of sp³-hybridized carbons (Fsp3) is 0.0952. The highest BCUT2D eigenvalue weighted by atomic mass is 35.5. The number of anilines is 1. The first-order valence-electron chi connectivity index (χ1n) is 8.13. The zero-order valence-corrected chi connectivity index (χ0v) is 15.4. The molecule has 4 nitrogen and oxygen atoms in total. The summed E-state index contributed by atoms with van der Waals surface area (Å²) in [5.74, 6) is 2.47. The minimum atomic E-state index is 0.696. The number of hydrogen-bond donors (Lipinski definition) is 2. The Hall–Kier alpha value is -2.98.